The number of nitrogens with zero attached hydrogens (tertiary/aromatic N) is 3. The Morgan fingerprint density at radius 1 is 0.969 bits per heavy atom. The Balaban J connectivity index is 1.52. The molecule has 32 heavy (non-hydrogen) atoms. The predicted molar refractivity (Wildman–Crippen MR) is 131 cm³/mol. The summed E-state index contributed by atoms with van der Waals surface area (Å²) in [4.78, 5) is 15.7. The zero-order valence-electron chi connectivity index (χ0n) is 18.5. The SMILES string of the molecule is Cc1ccc2[nH]c(-c3cncc(-c4cccc(C5CC5)c4)c3N3CCC(N)CC3)nc2c1. The van der Waals surface area contributed by atoms with Crippen molar-refractivity contribution >= 4 is 16.7 Å². The van der Waals surface area contributed by atoms with Crippen molar-refractivity contribution in [3.63, 3.8) is 0 Å². The Morgan fingerprint density at radius 2 is 1.78 bits per heavy atom. The molecule has 0 bridgehead atoms. The van der Waals surface area contributed by atoms with E-state index in [2.05, 4.69) is 64.3 Å². The van der Waals surface area contributed by atoms with Crippen molar-refractivity contribution in [2.24, 2.45) is 5.73 Å². The number of piperidine rings is 1. The summed E-state index contributed by atoms with van der Waals surface area (Å²) in [5.41, 5.74) is 15.6. The first-order chi connectivity index (χ1) is 15.7. The molecule has 4 aromatic rings. The molecule has 1 aliphatic carbocycles. The van der Waals surface area contributed by atoms with Gasteiger partial charge in [-0.1, -0.05) is 30.3 Å². The lowest BCUT2D eigenvalue weighted by Crippen LogP contribution is -2.40. The van der Waals surface area contributed by atoms with Crippen LogP contribution < -0.4 is 10.6 Å². The number of pyridine rings is 1. The lowest BCUT2D eigenvalue weighted by atomic mass is 9.96. The Morgan fingerprint density at radius 3 is 2.59 bits per heavy atom. The van der Waals surface area contributed by atoms with Crippen LogP contribution in [0, 0.1) is 6.92 Å². The number of benzene rings is 2. The molecule has 3 N–H and O–H groups in total. The van der Waals surface area contributed by atoms with Gasteiger partial charge in [0, 0.05) is 37.1 Å². The molecule has 5 heteroatoms. The van der Waals surface area contributed by atoms with Crippen LogP contribution in [0.1, 0.15) is 42.7 Å². The average Bonchev–Trinajstić information content (AvgIpc) is 3.59. The molecule has 1 saturated heterocycles. The topological polar surface area (TPSA) is 70.8 Å². The summed E-state index contributed by atoms with van der Waals surface area (Å²) in [6.45, 7) is 4.00. The number of anilines is 1. The van der Waals surface area contributed by atoms with E-state index in [4.69, 9.17) is 10.7 Å². The van der Waals surface area contributed by atoms with Crippen molar-refractivity contribution in [1.29, 1.82) is 0 Å². The molecule has 2 aromatic heterocycles. The van der Waals surface area contributed by atoms with E-state index in [0.29, 0.717) is 0 Å². The standard InChI is InChI=1S/C27H29N5/c1-17-5-8-24-25(13-17)31-27(30-24)23-16-29-15-22(26(23)32-11-9-21(28)10-12-32)20-4-2-3-19(14-20)18-6-7-18/h2-5,8,13-16,18,21H,6-7,9-12,28H2,1H3,(H,30,31). The second kappa shape index (κ2) is 7.75. The van der Waals surface area contributed by atoms with E-state index in [-0.39, 0.29) is 6.04 Å². The zero-order chi connectivity index (χ0) is 21.7. The van der Waals surface area contributed by atoms with Crippen LogP contribution >= 0.6 is 0 Å². The number of nitrogens with two attached hydrogens (primary N) is 1. The summed E-state index contributed by atoms with van der Waals surface area (Å²) in [5.74, 6) is 1.60. The van der Waals surface area contributed by atoms with Gasteiger partial charge in [-0.15, -0.1) is 0 Å². The third kappa shape index (κ3) is 3.56. The van der Waals surface area contributed by atoms with Crippen molar-refractivity contribution in [2.75, 3.05) is 18.0 Å². The fourth-order valence-electron chi connectivity index (χ4n) is 4.92. The second-order valence-corrected chi connectivity index (χ2v) is 9.41. The molecule has 0 amide bonds. The van der Waals surface area contributed by atoms with Crippen molar-refractivity contribution in [3.8, 4) is 22.5 Å². The number of aromatic nitrogens is 3. The highest BCUT2D eigenvalue weighted by Crippen LogP contribution is 2.43. The van der Waals surface area contributed by atoms with Crippen LogP contribution in [0.3, 0.4) is 0 Å². The lowest BCUT2D eigenvalue weighted by Gasteiger charge is -2.34. The summed E-state index contributed by atoms with van der Waals surface area (Å²) in [5, 5.41) is 0. The maximum atomic E-state index is 6.24. The van der Waals surface area contributed by atoms with Gasteiger partial charge in [0.1, 0.15) is 5.82 Å². The summed E-state index contributed by atoms with van der Waals surface area (Å²) < 4.78 is 0. The molecule has 0 unspecified atom stereocenters. The van der Waals surface area contributed by atoms with Gasteiger partial charge in [-0.2, -0.15) is 0 Å². The van der Waals surface area contributed by atoms with Crippen LogP contribution in [-0.2, 0) is 0 Å². The largest absolute Gasteiger partial charge is 0.370 e. The van der Waals surface area contributed by atoms with E-state index in [1.165, 1.54) is 40.8 Å². The first-order valence-corrected chi connectivity index (χ1v) is 11.7. The van der Waals surface area contributed by atoms with E-state index in [9.17, 15) is 0 Å². The molecule has 0 spiro atoms. The highest BCUT2D eigenvalue weighted by atomic mass is 15.2. The Bertz CT molecular complexity index is 1280. The zero-order valence-corrected chi connectivity index (χ0v) is 18.5. The fourth-order valence-corrected chi connectivity index (χ4v) is 4.92. The number of imidazole rings is 1. The summed E-state index contributed by atoms with van der Waals surface area (Å²) in [7, 11) is 0. The van der Waals surface area contributed by atoms with Crippen LogP contribution in [-0.4, -0.2) is 34.1 Å². The molecule has 2 aromatic carbocycles. The summed E-state index contributed by atoms with van der Waals surface area (Å²) >= 11 is 0. The van der Waals surface area contributed by atoms with Crippen LogP contribution in [0.2, 0.25) is 0 Å². The van der Waals surface area contributed by atoms with Crippen LogP contribution in [0.4, 0.5) is 5.69 Å². The third-order valence-electron chi connectivity index (χ3n) is 6.91. The van der Waals surface area contributed by atoms with Gasteiger partial charge in [0.15, 0.2) is 0 Å². The van der Waals surface area contributed by atoms with E-state index < -0.39 is 0 Å². The molecule has 5 nitrogen and oxygen atoms in total. The van der Waals surface area contributed by atoms with Gasteiger partial charge >= 0.3 is 0 Å². The quantitative estimate of drug-likeness (QED) is 0.461. The minimum Gasteiger partial charge on any atom is -0.370 e. The van der Waals surface area contributed by atoms with Crippen LogP contribution in [0.15, 0.2) is 54.9 Å². The van der Waals surface area contributed by atoms with Gasteiger partial charge in [0.2, 0.25) is 0 Å². The van der Waals surface area contributed by atoms with Gasteiger partial charge in [0.05, 0.1) is 22.3 Å². The average molecular weight is 424 g/mol. The number of aryl methyl sites for hydroxylation is 1. The maximum Gasteiger partial charge on any atom is 0.142 e. The Hall–Kier alpha value is -3.18. The maximum absolute atomic E-state index is 6.24. The summed E-state index contributed by atoms with van der Waals surface area (Å²) in [6.07, 6.45) is 8.59. The minimum absolute atomic E-state index is 0.285. The first-order valence-electron chi connectivity index (χ1n) is 11.7. The Labute approximate surface area is 188 Å². The van der Waals surface area contributed by atoms with Gasteiger partial charge in [-0.25, -0.2) is 4.98 Å². The number of aromatic amines is 1. The van der Waals surface area contributed by atoms with Crippen LogP contribution in [0.5, 0.6) is 0 Å². The van der Waals surface area contributed by atoms with Crippen molar-refractivity contribution < 1.29 is 0 Å². The lowest BCUT2D eigenvalue weighted by molar-refractivity contribution is 0.501. The molecule has 6 rings (SSSR count). The predicted octanol–water partition coefficient (Wildman–Crippen LogP) is 5.41. The van der Waals surface area contributed by atoms with Gasteiger partial charge < -0.3 is 15.6 Å². The fraction of sp³-hybridized carbons (Fsp3) is 0.333. The molecule has 2 aliphatic rings. The molecule has 0 radical (unpaired) electrons. The number of H-pyrrole nitrogens is 1. The van der Waals surface area contributed by atoms with E-state index in [1.54, 1.807) is 0 Å². The van der Waals surface area contributed by atoms with Crippen molar-refractivity contribution in [1.82, 2.24) is 15.0 Å². The van der Waals surface area contributed by atoms with Crippen molar-refractivity contribution in [3.05, 3.63) is 66.0 Å². The summed E-state index contributed by atoms with van der Waals surface area (Å²) in [6, 6.07) is 15.7. The van der Waals surface area contributed by atoms with Gasteiger partial charge in [-0.3, -0.25) is 4.98 Å². The van der Waals surface area contributed by atoms with E-state index in [0.717, 1.165) is 54.3 Å². The highest BCUT2D eigenvalue weighted by molar-refractivity contribution is 5.91. The number of rotatable bonds is 4. The van der Waals surface area contributed by atoms with Gasteiger partial charge in [-0.05, 0) is 67.3 Å². The number of hydrogen-bond donors (Lipinski definition) is 2. The highest BCUT2D eigenvalue weighted by Gasteiger charge is 2.26. The first kappa shape index (κ1) is 19.5. The van der Waals surface area contributed by atoms with E-state index in [1.807, 2.05) is 12.4 Å². The molecule has 1 aliphatic heterocycles. The van der Waals surface area contributed by atoms with Crippen molar-refractivity contribution in [2.45, 2.75) is 44.6 Å². The molecule has 162 valence electrons. The molecular weight excluding hydrogens is 394 g/mol. The number of hydrogen-bond acceptors (Lipinski definition) is 4. The molecule has 1 saturated carbocycles. The Kier molecular flexibility index (Phi) is 4.72. The monoisotopic (exact) mass is 423 g/mol. The smallest absolute Gasteiger partial charge is 0.142 e. The molecular formula is C27H29N5. The molecule has 3 heterocycles. The number of nitrogens with one attached hydrogen (secondary N) is 1. The number of fused-ring (bicyclic) bond motifs is 1. The van der Waals surface area contributed by atoms with Crippen LogP contribution in [0.25, 0.3) is 33.5 Å². The molecule has 0 atom stereocenters. The minimum atomic E-state index is 0.285. The normalized spacial score (nSPS) is 17.2. The molecule has 2 fully saturated rings. The second-order valence-electron chi connectivity index (χ2n) is 9.41. The van der Waals surface area contributed by atoms with E-state index >= 15 is 0 Å². The van der Waals surface area contributed by atoms with Gasteiger partial charge in [0.25, 0.3) is 0 Å². The third-order valence-corrected chi connectivity index (χ3v) is 6.91.